The van der Waals surface area contributed by atoms with Crippen molar-refractivity contribution in [1.29, 1.82) is 0 Å². The van der Waals surface area contributed by atoms with Gasteiger partial charge >= 0.3 is 0 Å². The first kappa shape index (κ1) is 13.2. The maximum Gasteiger partial charge on any atom is 0.231 e. The second-order valence-corrected chi connectivity index (χ2v) is 5.87. The van der Waals surface area contributed by atoms with Crippen LogP contribution < -0.4 is 5.32 Å². The maximum absolute atomic E-state index is 12.4. The molecule has 0 fully saturated rings. The summed E-state index contributed by atoms with van der Waals surface area (Å²) in [5.74, 6) is -0.0483. The molecule has 0 spiro atoms. The SMILES string of the molecule is Cc1nnccc1NC(=O)C1CCc2cc(Br)ccc21. The first-order valence-electron chi connectivity index (χ1n) is 6.52. The van der Waals surface area contributed by atoms with E-state index in [0.717, 1.165) is 34.3 Å². The Morgan fingerprint density at radius 3 is 3.05 bits per heavy atom. The van der Waals surface area contributed by atoms with Crippen molar-refractivity contribution in [3.8, 4) is 0 Å². The summed E-state index contributed by atoms with van der Waals surface area (Å²) in [7, 11) is 0. The molecule has 0 saturated heterocycles. The number of hydrogen-bond acceptors (Lipinski definition) is 3. The molecule has 0 bridgehead atoms. The van der Waals surface area contributed by atoms with E-state index in [1.165, 1.54) is 5.56 Å². The molecule has 0 saturated carbocycles. The number of aromatic nitrogens is 2. The molecule has 3 rings (SSSR count). The molecule has 1 aliphatic carbocycles. The van der Waals surface area contributed by atoms with Crippen molar-refractivity contribution in [2.24, 2.45) is 0 Å². The van der Waals surface area contributed by atoms with Gasteiger partial charge in [-0.05, 0) is 49.1 Å². The van der Waals surface area contributed by atoms with Crippen LogP contribution in [0.4, 0.5) is 5.69 Å². The highest BCUT2D eigenvalue weighted by Crippen LogP contribution is 2.35. The van der Waals surface area contributed by atoms with Gasteiger partial charge in [0.05, 0.1) is 23.5 Å². The molecule has 4 nitrogen and oxygen atoms in total. The van der Waals surface area contributed by atoms with Crippen molar-refractivity contribution in [1.82, 2.24) is 10.2 Å². The number of hydrogen-bond donors (Lipinski definition) is 1. The molecular formula is C15H14BrN3O. The molecule has 0 aliphatic heterocycles. The minimum absolute atomic E-state index is 0.0298. The van der Waals surface area contributed by atoms with Crippen LogP contribution in [0.1, 0.15) is 29.2 Å². The highest BCUT2D eigenvalue weighted by molar-refractivity contribution is 9.10. The zero-order chi connectivity index (χ0) is 14.1. The van der Waals surface area contributed by atoms with Crippen molar-refractivity contribution in [3.05, 3.63) is 51.8 Å². The predicted molar refractivity (Wildman–Crippen MR) is 80.6 cm³/mol. The summed E-state index contributed by atoms with van der Waals surface area (Å²) in [5, 5.41) is 10.7. The zero-order valence-electron chi connectivity index (χ0n) is 11.1. The largest absolute Gasteiger partial charge is 0.324 e. The standard InChI is InChI=1S/C15H14BrN3O/c1-9-14(6-7-17-19-9)18-15(20)13-4-2-10-8-11(16)3-5-12(10)13/h3,5-8,13H,2,4H2,1H3,(H,17,18,20). The van der Waals surface area contributed by atoms with Gasteiger partial charge in [-0.25, -0.2) is 0 Å². The molecule has 1 aliphatic rings. The first-order valence-corrected chi connectivity index (χ1v) is 7.32. The molecule has 1 aromatic heterocycles. The summed E-state index contributed by atoms with van der Waals surface area (Å²) in [6, 6.07) is 7.90. The Morgan fingerprint density at radius 1 is 1.40 bits per heavy atom. The quantitative estimate of drug-likeness (QED) is 0.919. The zero-order valence-corrected chi connectivity index (χ0v) is 12.6. The molecular weight excluding hydrogens is 318 g/mol. The number of carbonyl (C=O) groups excluding carboxylic acids is 1. The van der Waals surface area contributed by atoms with E-state index in [1.807, 2.05) is 19.1 Å². The van der Waals surface area contributed by atoms with Crippen LogP contribution in [-0.4, -0.2) is 16.1 Å². The molecule has 1 N–H and O–H groups in total. The van der Waals surface area contributed by atoms with Gasteiger partial charge in [-0.3, -0.25) is 4.79 Å². The second kappa shape index (κ2) is 5.32. The molecule has 102 valence electrons. The molecule has 1 unspecified atom stereocenters. The van der Waals surface area contributed by atoms with Crippen LogP contribution in [0.2, 0.25) is 0 Å². The maximum atomic E-state index is 12.4. The number of aryl methyl sites for hydroxylation is 2. The smallest absolute Gasteiger partial charge is 0.231 e. The predicted octanol–water partition coefficient (Wildman–Crippen LogP) is 3.22. The summed E-state index contributed by atoms with van der Waals surface area (Å²) in [5.41, 5.74) is 3.85. The van der Waals surface area contributed by atoms with Crippen LogP contribution in [0.25, 0.3) is 0 Å². The van der Waals surface area contributed by atoms with Gasteiger partial charge in [0.25, 0.3) is 0 Å². The Hall–Kier alpha value is -1.75. The number of nitrogens with one attached hydrogen (secondary N) is 1. The van der Waals surface area contributed by atoms with E-state index >= 15 is 0 Å². The number of benzene rings is 1. The van der Waals surface area contributed by atoms with Gasteiger partial charge in [-0.1, -0.05) is 22.0 Å². The number of carbonyl (C=O) groups is 1. The van der Waals surface area contributed by atoms with E-state index in [4.69, 9.17) is 0 Å². The summed E-state index contributed by atoms with van der Waals surface area (Å²) in [4.78, 5) is 12.4. The summed E-state index contributed by atoms with van der Waals surface area (Å²) in [6.45, 7) is 1.84. The first-order chi connectivity index (χ1) is 9.65. The Morgan fingerprint density at radius 2 is 2.25 bits per heavy atom. The normalized spacial score (nSPS) is 16.8. The van der Waals surface area contributed by atoms with E-state index in [9.17, 15) is 4.79 Å². The van der Waals surface area contributed by atoms with Crippen LogP contribution in [0.15, 0.2) is 34.9 Å². The number of nitrogens with zero attached hydrogens (tertiary/aromatic N) is 2. The number of rotatable bonds is 2. The fourth-order valence-corrected chi connectivity index (χ4v) is 3.02. The fourth-order valence-electron chi connectivity index (χ4n) is 2.61. The number of halogens is 1. The third-order valence-corrected chi connectivity index (χ3v) is 4.16. The Labute approximate surface area is 125 Å². The summed E-state index contributed by atoms with van der Waals surface area (Å²) < 4.78 is 1.06. The molecule has 20 heavy (non-hydrogen) atoms. The van der Waals surface area contributed by atoms with Crippen molar-refractivity contribution >= 4 is 27.5 Å². The van der Waals surface area contributed by atoms with E-state index in [0.29, 0.717) is 0 Å². The minimum atomic E-state index is -0.0781. The van der Waals surface area contributed by atoms with Gasteiger partial charge in [0.1, 0.15) is 0 Å². The van der Waals surface area contributed by atoms with Gasteiger partial charge in [0, 0.05) is 4.47 Å². The average molecular weight is 332 g/mol. The van der Waals surface area contributed by atoms with Crippen LogP contribution in [-0.2, 0) is 11.2 Å². The Balaban J connectivity index is 1.82. The van der Waals surface area contributed by atoms with Gasteiger partial charge < -0.3 is 5.32 Å². The lowest BCUT2D eigenvalue weighted by atomic mass is 10.0. The third-order valence-electron chi connectivity index (χ3n) is 3.66. The second-order valence-electron chi connectivity index (χ2n) is 4.95. The van der Waals surface area contributed by atoms with Crippen molar-refractivity contribution in [2.45, 2.75) is 25.7 Å². The van der Waals surface area contributed by atoms with E-state index < -0.39 is 0 Å². The fraction of sp³-hybridized carbons (Fsp3) is 0.267. The summed E-state index contributed by atoms with van der Waals surface area (Å²) in [6.07, 6.45) is 3.39. The average Bonchev–Trinajstić information content (AvgIpc) is 2.84. The van der Waals surface area contributed by atoms with Crippen LogP contribution >= 0.6 is 15.9 Å². The molecule has 0 radical (unpaired) electrons. The van der Waals surface area contributed by atoms with Gasteiger partial charge in [0.2, 0.25) is 5.91 Å². The van der Waals surface area contributed by atoms with E-state index in [-0.39, 0.29) is 11.8 Å². The lowest BCUT2D eigenvalue weighted by Crippen LogP contribution is -2.20. The molecule has 1 aromatic carbocycles. The van der Waals surface area contributed by atoms with Crippen molar-refractivity contribution < 1.29 is 4.79 Å². The van der Waals surface area contributed by atoms with Gasteiger partial charge in [0.15, 0.2) is 0 Å². The molecule has 5 heteroatoms. The summed E-state index contributed by atoms with van der Waals surface area (Å²) >= 11 is 3.47. The Kier molecular flexibility index (Phi) is 3.53. The van der Waals surface area contributed by atoms with Crippen LogP contribution in [0, 0.1) is 6.92 Å². The van der Waals surface area contributed by atoms with Crippen molar-refractivity contribution in [2.75, 3.05) is 5.32 Å². The number of anilines is 1. The molecule has 1 heterocycles. The third kappa shape index (κ3) is 2.45. The highest BCUT2D eigenvalue weighted by Gasteiger charge is 2.28. The van der Waals surface area contributed by atoms with Crippen molar-refractivity contribution in [3.63, 3.8) is 0 Å². The number of amides is 1. The van der Waals surface area contributed by atoms with Gasteiger partial charge in [-0.15, -0.1) is 0 Å². The molecule has 1 atom stereocenters. The van der Waals surface area contributed by atoms with Crippen LogP contribution in [0.3, 0.4) is 0 Å². The Bertz CT molecular complexity index is 672. The monoisotopic (exact) mass is 331 g/mol. The van der Waals surface area contributed by atoms with Crippen LogP contribution in [0.5, 0.6) is 0 Å². The highest BCUT2D eigenvalue weighted by atomic mass is 79.9. The minimum Gasteiger partial charge on any atom is -0.324 e. The van der Waals surface area contributed by atoms with Gasteiger partial charge in [-0.2, -0.15) is 10.2 Å². The van der Waals surface area contributed by atoms with E-state index in [2.05, 4.69) is 37.5 Å². The topological polar surface area (TPSA) is 54.9 Å². The number of fused-ring (bicyclic) bond motifs is 1. The lowest BCUT2D eigenvalue weighted by Gasteiger charge is -2.13. The molecule has 1 amide bonds. The molecule has 2 aromatic rings. The van der Waals surface area contributed by atoms with E-state index in [1.54, 1.807) is 12.3 Å². The lowest BCUT2D eigenvalue weighted by molar-refractivity contribution is -0.117.